The largest absolute Gasteiger partial charge is 0.338 e. The fourth-order valence-corrected chi connectivity index (χ4v) is 4.10. The van der Waals surface area contributed by atoms with E-state index in [4.69, 9.17) is 23.2 Å². The van der Waals surface area contributed by atoms with Crippen molar-refractivity contribution in [1.82, 2.24) is 4.90 Å². The monoisotopic (exact) mass is 352 g/mol. The molecule has 0 aliphatic carbocycles. The van der Waals surface area contributed by atoms with E-state index >= 15 is 0 Å². The molecule has 1 heterocycles. The van der Waals surface area contributed by atoms with Gasteiger partial charge in [0.1, 0.15) is 0 Å². The van der Waals surface area contributed by atoms with Gasteiger partial charge in [0.2, 0.25) is 0 Å². The van der Waals surface area contributed by atoms with Crippen molar-refractivity contribution in [3.05, 3.63) is 47.5 Å². The molecule has 0 saturated heterocycles. The van der Waals surface area contributed by atoms with Gasteiger partial charge in [-0.15, -0.1) is 11.6 Å². The molecule has 0 saturated carbocycles. The number of para-hydroxylation sites is 1. The van der Waals surface area contributed by atoms with Crippen LogP contribution in [0.4, 0.5) is 11.4 Å². The van der Waals surface area contributed by atoms with E-state index in [1.807, 2.05) is 6.07 Å². The maximum absolute atomic E-state index is 6.22. The van der Waals surface area contributed by atoms with Gasteiger partial charge in [0, 0.05) is 40.3 Å². The van der Waals surface area contributed by atoms with E-state index in [1.54, 1.807) is 11.8 Å². The Morgan fingerprint density at radius 3 is 2.64 bits per heavy atom. The highest BCUT2D eigenvalue weighted by Gasteiger charge is 2.23. The van der Waals surface area contributed by atoms with Crippen LogP contribution in [0.5, 0.6) is 0 Å². The van der Waals surface area contributed by atoms with Crippen LogP contribution < -0.4 is 4.90 Å². The minimum atomic E-state index is 0.658. The SMILES string of the molecule is CN(CCCl)CCN1c2ccccc2Sc2ccc(Cl)cc21. The second kappa shape index (κ2) is 7.14. The molecule has 0 atom stereocenters. The second-order valence-electron chi connectivity index (χ2n) is 5.33. The highest BCUT2D eigenvalue weighted by Crippen LogP contribution is 2.48. The first-order valence-corrected chi connectivity index (χ1v) is 9.00. The van der Waals surface area contributed by atoms with Gasteiger partial charge in [-0.05, 0) is 37.4 Å². The fraction of sp³-hybridized carbons (Fsp3) is 0.294. The van der Waals surface area contributed by atoms with E-state index in [9.17, 15) is 0 Å². The summed E-state index contributed by atoms with van der Waals surface area (Å²) in [7, 11) is 2.10. The molecule has 0 spiro atoms. The minimum absolute atomic E-state index is 0.658. The van der Waals surface area contributed by atoms with Gasteiger partial charge in [-0.3, -0.25) is 0 Å². The summed E-state index contributed by atoms with van der Waals surface area (Å²) >= 11 is 13.8. The van der Waals surface area contributed by atoms with Crippen LogP contribution >= 0.6 is 35.0 Å². The molecule has 0 unspecified atom stereocenters. The standard InChI is InChI=1S/C17H18Cl2N2S/c1-20(9-8-18)10-11-21-14-4-2-3-5-16(14)22-17-7-6-13(19)12-15(17)21/h2-7,12H,8-11H2,1H3. The van der Waals surface area contributed by atoms with Crippen LogP contribution in [-0.4, -0.2) is 37.5 Å². The number of fused-ring (bicyclic) bond motifs is 2. The average Bonchev–Trinajstić information content (AvgIpc) is 2.52. The van der Waals surface area contributed by atoms with E-state index in [2.05, 4.69) is 53.2 Å². The number of benzene rings is 2. The smallest absolute Gasteiger partial charge is 0.0568 e. The van der Waals surface area contributed by atoms with Crippen molar-refractivity contribution in [2.75, 3.05) is 37.5 Å². The zero-order chi connectivity index (χ0) is 15.5. The highest BCUT2D eigenvalue weighted by atomic mass is 35.5. The van der Waals surface area contributed by atoms with Crippen molar-refractivity contribution >= 4 is 46.3 Å². The van der Waals surface area contributed by atoms with Crippen molar-refractivity contribution < 1.29 is 0 Å². The average molecular weight is 353 g/mol. The minimum Gasteiger partial charge on any atom is -0.338 e. The Kier molecular flexibility index (Phi) is 5.19. The van der Waals surface area contributed by atoms with Crippen LogP contribution in [0, 0.1) is 0 Å². The van der Waals surface area contributed by atoms with E-state index in [0.717, 1.165) is 24.7 Å². The lowest BCUT2D eigenvalue weighted by Crippen LogP contribution is -2.32. The summed E-state index contributed by atoms with van der Waals surface area (Å²) in [4.78, 5) is 7.15. The number of hydrogen-bond acceptors (Lipinski definition) is 3. The Morgan fingerprint density at radius 1 is 1.05 bits per heavy atom. The highest BCUT2D eigenvalue weighted by molar-refractivity contribution is 7.99. The van der Waals surface area contributed by atoms with Gasteiger partial charge in [0.05, 0.1) is 11.4 Å². The van der Waals surface area contributed by atoms with Crippen LogP contribution in [0.3, 0.4) is 0 Å². The van der Waals surface area contributed by atoms with Gasteiger partial charge in [-0.2, -0.15) is 0 Å². The summed E-state index contributed by atoms with van der Waals surface area (Å²) in [5.74, 6) is 0.658. The lowest BCUT2D eigenvalue weighted by atomic mass is 10.2. The predicted molar refractivity (Wildman–Crippen MR) is 97.2 cm³/mol. The van der Waals surface area contributed by atoms with Crippen LogP contribution in [0.15, 0.2) is 52.3 Å². The molecule has 1 aliphatic heterocycles. The Bertz CT molecular complexity index is 663. The molecular weight excluding hydrogens is 335 g/mol. The van der Waals surface area contributed by atoms with Crippen LogP contribution in [0.25, 0.3) is 0 Å². The molecule has 0 fully saturated rings. The van der Waals surface area contributed by atoms with Gasteiger partial charge in [-0.25, -0.2) is 0 Å². The van der Waals surface area contributed by atoms with Crippen molar-refractivity contribution in [2.45, 2.75) is 9.79 Å². The first-order valence-electron chi connectivity index (χ1n) is 7.27. The predicted octanol–water partition coefficient (Wildman–Crippen LogP) is 5.11. The molecule has 2 aromatic rings. The summed E-state index contributed by atoms with van der Waals surface area (Å²) in [6.07, 6.45) is 0. The molecular formula is C17H18Cl2N2S. The van der Waals surface area contributed by atoms with Gasteiger partial charge in [0.15, 0.2) is 0 Å². The summed E-state index contributed by atoms with van der Waals surface area (Å²) in [6.45, 7) is 2.77. The molecule has 3 rings (SSSR count). The quantitative estimate of drug-likeness (QED) is 0.690. The number of hydrogen-bond donors (Lipinski definition) is 0. The van der Waals surface area contributed by atoms with Gasteiger partial charge >= 0.3 is 0 Å². The van der Waals surface area contributed by atoms with E-state index in [0.29, 0.717) is 5.88 Å². The lowest BCUT2D eigenvalue weighted by molar-refractivity contribution is 0.364. The summed E-state index contributed by atoms with van der Waals surface area (Å²) in [5, 5.41) is 0.776. The second-order valence-corrected chi connectivity index (χ2v) is 7.22. The van der Waals surface area contributed by atoms with E-state index < -0.39 is 0 Å². The van der Waals surface area contributed by atoms with Gasteiger partial charge in [0.25, 0.3) is 0 Å². The molecule has 116 valence electrons. The molecule has 0 radical (unpaired) electrons. The zero-order valence-corrected chi connectivity index (χ0v) is 14.8. The lowest BCUT2D eigenvalue weighted by Gasteiger charge is -2.34. The number of halogens is 2. The van der Waals surface area contributed by atoms with Crippen molar-refractivity contribution in [3.63, 3.8) is 0 Å². The van der Waals surface area contributed by atoms with Gasteiger partial charge in [-0.1, -0.05) is 35.5 Å². The topological polar surface area (TPSA) is 6.48 Å². The number of anilines is 2. The zero-order valence-electron chi connectivity index (χ0n) is 12.4. The summed E-state index contributed by atoms with van der Waals surface area (Å²) in [5.41, 5.74) is 2.44. The molecule has 0 aromatic heterocycles. The number of alkyl halides is 1. The maximum Gasteiger partial charge on any atom is 0.0568 e. The van der Waals surface area contributed by atoms with Crippen molar-refractivity contribution in [1.29, 1.82) is 0 Å². The van der Waals surface area contributed by atoms with Crippen molar-refractivity contribution in [2.24, 2.45) is 0 Å². The third-order valence-corrected chi connectivity index (χ3v) is 5.29. The summed E-state index contributed by atoms with van der Waals surface area (Å²) < 4.78 is 0. The van der Waals surface area contributed by atoms with Crippen LogP contribution in [-0.2, 0) is 0 Å². The van der Waals surface area contributed by atoms with E-state index in [-0.39, 0.29) is 0 Å². The molecule has 1 aliphatic rings. The number of rotatable bonds is 5. The van der Waals surface area contributed by atoms with Gasteiger partial charge < -0.3 is 9.80 Å². The fourth-order valence-electron chi connectivity index (χ4n) is 2.57. The Balaban J connectivity index is 1.91. The molecule has 2 aromatic carbocycles. The normalized spacial score (nSPS) is 13.2. The molecule has 22 heavy (non-hydrogen) atoms. The molecule has 0 N–H and O–H groups in total. The molecule has 5 heteroatoms. The maximum atomic E-state index is 6.22. The number of likely N-dealkylation sites (N-methyl/N-ethyl adjacent to an activating group) is 1. The third kappa shape index (κ3) is 3.38. The first-order chi connectivity index (χ1) is 10.7. The molecule has 2 nitrogen and oxygen atoms in total. The Morgan fingerprint density at radius 2 is 1.82 bits per heavy atom. The van der Waals surface area contributed by atoms with Crippen LogP contribution in [0.2, 0.25) is 5.02 Å². The third-order valence-electron chi connectivity index (χ3n) is 3.76. The number of nitrogens with zero attached hydrogens (tertiary/aromatic N) is 2. The Labute approximate surface area is 146 Å². The van der Waals surface area contributed by atoms with E-state index in [1.165, 1.54) is 21.2 Å². The van der Waals surface area contributed by atoms with Crippen LogP contribution in [0.1, 0.15) is 0 Å². The Hall–Kier alpha value is -0.870. The summed E-state index contributed by atoms with van der Waals surface area (Å²) in [6, 6.07) is 14.6. The van der Waals surface area contributed by atoms with Crippen molar-refractivity contribution in [3.8, 4) is 0 Å². The first kappa shape index (κ1) is 16.0. The molecule has 0 bridgehead atoms. The molecule has 0 amide bonds.